The number of benzene rings is 3. The minimum atomic E-state index is -2.53. The SMILES string of the molecule is CCOC(=O)C(C(C)O)[P+](c1ccccc1)(c1ccccc1)c1ccccc1. The van der Waals surface area contributed by atoms with E-state index in [1.165, 1.54) is 0 Å². The molecule has 0 aromatic heterocycles. The van der Waals surface area contributed by atoms with E-state index >= 15 is 0 Å². The van der Waals surface area contributed by atoms with Crippen molar-refractivity contribution in [1.29, 1.82) is 0 Å². The molecule has 0 aliphatic heterocycles. The zero-order chi connectivity index (χ0) is 20.0. The average molecular weight is 393 g/mol. The molecule has 0 saturated heterocycles. The van der Waals surface area contributed by atoms with Gasteiger partial charge in [0, 0.05) is 0 Å². The van der Waals surface area contributed by atoms with E-state index in [1.54, 1.807) is 13.8 Å². The fourth-order valence-corrected chi connectivity index (χ4v) is 8.65. The highest BCUT2D eigenvalue weighted by molar-refractivity contribution is 7.96. The van der Waals surface area contributed by atoms with E-state index < -0.39 is 19.0 Å². The van der Waals surface area contributed by atoms with Gasteiger partial charge >= 0.3 is 5.97 Å². The van der Waals surface area contributed by atoms with Gasteiger partial charge in [-0.1, -0.05) is 54.6 Å². The van der Waals surface area contributed by atoms with Crippen molar-refractivity contribution < 1.29 is 14.6 Å². The molecule has 0 fully saturated rings. The molecule has 3 aromatic carbocycles. The molecule has 0 radical (unpaired) electrons. The van der Waals surface area contributed by atoms with Crippen LogP contribution in [0.25, 0.3) is 0 Å². The first kappa shape index (κ1) is 20.3. The Balaban J connectivity index is 2.41. The van der Waals surface area contributed by atoms with Crippen molar-refractivity contribution in [3.63, 3.8) is 0 Å². The Morgan fingerprint density at radius 3 is 1.46 bits per heavy atom. The van der Waals surface area contributed by atoms with E-state index in [-0.39, 0.29) is 12.6 Å². The van der Waals surface area contributed by atoms with E-state index in [9.17, 15) is 9.90 Å². The van der Waals surface area contributed by atoms with Crippen molar-refractivity contribution in [2.75, 3.05) is 6.61 Å². The standard InChI is InChI=1S/C24H26O3P/c1-3-27-24(26)23(19(2)25)28(20-13-7-4-8-14-20,21-15-9-5-10-16-21)22-17-11-6-12-18-22/h4-19,23,25H,3H2,1-2H3/q+1. The highest BCUT2D eigenvalue weighted by atomic mass is 31.2. The van der Waals surface area contributed by atoms with Crippen molar-refractivity contribution in [1.82, 2.24) is 0 Å². The summed E-state index contributed by atoms with van der Waals surface area (Å²) in [5.74, 6) is -0.359. The molecule has 0 aliphatic rings. The van der Waals surface area contributed by atoms with Crippen molar-refractivity contribution in [3.8, 4) is 0 Å². The Morgan fingerprint density at radius 1 is 0.821 bits per heavy atom. The molecule has 3 rings (SSSR count). The lowest BCUT2D eigenvalue weighted by molar-refractivity contribution is -0.144. The summed E-state index contributed by atoms with van der Waals surface area (Å²) in [7, 11) is -2.53. The predicted octanol–water partition coefficient (Wildman–Crippen LogP) is 3.29. The molecule has 4 heteroatoms. The highest BCUT2D eigenvalue weighted by Crippen LogP contribution is 2.61. The Morgan fingerprint density at radius 2 is 1.18 bits per heavy atom. The molecule has 0 spiro atoms. The van der Waals surface area contributed by atoms with Gasteiger partial charge in [0.05, 0.1) is 12.7 Å². The number of aliphatic hydroxyl groups excluding tert-OH is 1. The van der Waals surface area contributed by atoms with E-state index in [0.29, 0.717) is 0 Å². The van der Waals surface area contributed by atoms with Crippen molar-refractivity contribution in [3.05, 3.63) is 91.0 Å². The van der Waals surface area contributed by atoms with Crippen LogP contribution in [0.3, 0.4) is 0 Å². The van der Waals surface area contributed by atoms with Crippen LogP contribution in [0.1, 0.15) is 13.8 Å². The Bertz CT molecular complexity index is 783. The minimum Gasteiger partial charge on any atom is -0.463 e. The molecule has 2 unspecified atom stereocenters. The maximum atomic E-state index is 13.2. The third kappa shape index (κ3) is 3.73. The number of esters is 1. The van der Waals surface area contributed by atoms with Gasteiger partial charge in [-0.3, -0.25) is 0 Å². The van der Waals surface area contributed by atoms with Crippen LogP contribution >= 0.6 is 7.26 Å². The van der Waals surface area contributed by atoms with Gasteiger partial charge in [-0.15, -0.1) is 0 Å². The van der Waals surface area contributed by atoms with E-state index in [4.69, 9.17) is 4.74 Å². The molecule has 2 atom stereocenters. The van der Waals surface area contributed by atoms with Crippen LogP contribution in [0.15, 0.2) is 91.0 Å². The summed E-state index contributed by atoms with van der Waals surface area (Å²) in [6.07, 6.45) is -0.868. The van der Waals surface area contributed by atoms with Gasteiger partial charge in [-0.05, 0) is 50.2 Å². The minimum absolute atomic E-state index is 0.278. The topological polar surface area (TPSA) is 46.5 Å². The molecule has 0 heterocycles. The Labute approximate surface area is 167 Å². The molecule has 3 nitrogen and oxygen atoms in total. The van der Waals surface area contributed by atoms with Crippen LogP contribution in [0.4, 0.5) is 0 Å². The largest absolute Gasteiger partial charge is 0.463 e. The molecule has 0 saturated carbocycles. The zero-order valence-corrected chi connectivity index (χ0v) is 17.1. The Hall–Kier alpha value is -2.48. The average Bonchev–Trinajstić information content (AvgIpc) is 2.73. The summed E-state index contributed by atoms with van der Waals surface area (Å²) in [5.41, 5.74) is -0.695. The molecular weight excluding hydrogens is 367 g/mol. The first-order valence-electron chi connectivity index (χ1n) is 9.52. The molecular formula is C24H26O3P+. The number of carbonyl (C=O) groups is 1. The predicted molar refractivity (Wildman–Crippen MR) is 117 cm³/mol. The summed E-state index contributed by atoms with van der Waals surface area (Å²) in [6, 6.07) is 30.2. The van der Waals surface area contributed by atoms with E-state index in [1.807, 2.05) is 54.6 Å². The lowest BCUT2D eigenvalue weighted by Crippen LogP contribution is -2.48. The normalized spacial score (nSPS) is 13.5. The highest BCUT2D eigenvalue weighted by Gasteiger charge is 2.58. The summed E-state index contributed by atoms with van der Waals surface area (Å²) in [5, 5.41) is 14.0. The van der Waals surface area contributed by atoms with Gasteiger partial charge in [0.15, 0.2) is 0 Å². The van der Waals surface area contributed by atoms with Crippen molar-refractivity contribution in [2.45, 2.75) is 25.6 Å². The smallest absolute Gasteiger partial charge is 0.350 e. The summed E-state index contributed by atoms with van der Waals surface area (Å²) in [6.45, 7) is 3.76. The van der Waals surface area contributed by atoms with E-state index in [2.05, 4.69) is 36.4 Å². The van der Waals surface area contributed by atoms with Crippen LogP contribution in [0.5, 0.6) is 0 Å². The maximum absolute atomic E-state index is 13.2. The van der Waals surface area contributed by atoms with Gasteiger partial charge in [-0.25, -0.2) is 4.79 Å². The van der Waals surface area contributed by atoms with Crippen LogP contribution < -0.4 is 15.9 Å². The molecule has 0 aliphatic carbocycles. The van der Waals surface area contributed by atoms with Gasteiger partial charge in [0.2, 0.25) is 5.66 Å². The first-order valence-corrected chi connectivity index (χ1v) is 11.4. The molecule has 0 bridgehead atoms. The van der Waals surface area contributed by atoms with Gasteiger partial charge in [-0.2, -0.15) is 0 Å². The number of hydrogen-bond acceptors (Lipinski definition) is 3. The summed E-state index contributed by atoms with van der Waals surface area (Å²) < 4.78 is 5.46. The first-order chi connectivity index (χ1) is 13.6. The maximum Gasteiger partial charge on any atom is 0.350 e. The zero-order valence-electron chi connectivity index (χ0n) is 16.2. The summed E-state index contributed by atoms with van der Waals surface area (Å²) in [4.78, 5) is 13.2. The number of rotatable bonds is 7. The quantitative estimate of drug-likeness (QED) is 0.495. The summed E-state index contributed by atoms with van der Waals surface area (Å²) >= 11 is 0. The van der Waals surface area contributed by atoms with Gasteiger partial charge < -0.3 is 9.84 Å². The molecule has 28 heavy (non-hydrogen) atoms. The van der Waals surface area contributed by atoms with Crippen LogP contribution in [0.2, 0.25) is 0 Å². The van der Waals surface area contributed by atoms with Crippen LogP contribution in [-0.2, 0) is 9.53 Å². The second-order valence-corrected chi connectivity index (χ2v) is 10.2. The van der Waals surface area contributed by atoms with Gasteiger partial charge in [0.1, 0.15) is 23.2 Å². The number of hydrogen-bond donors (Lipinski definition) is 1. The monoisotopic (exact) mass is 393 g/mol. The number of carbonyl (C=O) groups excluding carboxylic acids is 1. The second-order valence-electron chi connectivity index (χ2n) is 6.67. The number of aliphatic hydroxyl groups is 1. The lowest BCUT2D eigenvalue weighted by Gasteiger charge is -2.34. The molecule has 3 aromatic rings. The molecule has 0 amide bonds. The van der Waals surface area contributed by atoms with Crippen LogP contribution in [0, 0.1) is 0 Å². The van der Waals surface area contributed by atoms with Crippen LogP contribution in [-0.4, -0.2) is 29.4 Å². The molecule has 144 valence electrons. The van der Waals surface area contributed by atoms with Crippen molar-refractivity contribution >= 4 is 29.1 Å². The third-order valence-electron chi connectivity index (χ3n) is 4.89. The number of ether oxygens (including phenoxy) is 1. The van der Waals surface area contributed by atoms with Crippen molar-refractivity contribution in [2.24, 2.45) is 0 Å². The molecule has 1 N–H and O–H groups in total. The fourth-order valence-electron chi connectivity index (χ4n) is 3.82. The fraction of sp³-hybridized carbons (Fsp3) is 0.208. The third-order valence-corrected chi connectivity index (χ3v) is 9.71. The lowest BCUT2D eigenvalue weighted by atomic mass is 10.3. The van der Waals surface area contributed by atoms with E-state index in [0.717, 1.165) is 15.9 Å². The second kappa shape index (κ2) is 9.14. The van der Waals surface area contributed by atoms with Gasteiger partial charge in [0.25, 0.3) is 0 Å². The Kier molecular flexibility index (Phi) is 6.61.